The molecule has 2 rings (SSSR count). The van der Waals surface area contributed by atoms with E-state index < -0.39 is 6.09 Å². The Labute approximate surface area is 232 Å². The largest absolute Gasteiger partial charge is 0.465 e. The highest BCUT2D eigenvalue weighted by Crippen LogP contribution is 2.08. The number of carboxylic acid groups (broad SMARTS) is 1. The lowest BCUT2D eigenvalue weighted by Gasteiger charge is -2.10. The van der Waals surface area contributed by atoms with E-state index in [1.54, 1.807) is 10.9 Å². The normalized spacial score (nSPS) is 13.1. The van der Waals surface area contributed by atoms with E-state index in [1.165, 1.54) is 12.2 Å². The van der Waals surface area contributed by atoms with E-state index in [1.807, 2.05) is 0 Å². The zero-order valence-electron chi connectivity index (χ0n) is 22.6. The Morgan fingerprint density at radius 3 is 1.57 bits per heavy atom. The van der Waals surface area contributed by atoms with E-state index in [-0.39, 0.29) is 24.9 Å². The third-order valence-electron chi connectivity index (χ3n) is 5.03. The maximum absolute atomic E-state index is 11.6. The van der Waals surface area contributed by atoms with Crippen molar-refractivity contribution in [2.45, 2.75) is 13.1 Å². The molecule has 226 valence electrons. The van der Waals surface area contributed by atoms with E-state index in [0.29, 0.717) is 105 Å². The van der Waals surface area contributed by atoms with Gasteiger partial charge < -0.3 is 43.6 Å². The van der Waals surface area contributed by atoms with Crippen LogP contribution in [-0.2, 0) is 55.8 Å². The maximum atomic E-state index is 11.6. The third-order valence-corrected chi connectivity index (χ3v) is 5.03. The number of nitrogens with zero attached hydrogens (tertiary/aromatic N) is 4. The second kappa shape index (κ2) is 21.8. The summed E-state index contributed by atoms with van der Waals surface area (Å²) in [6.45, 7) is 6.87. The van der Waals surface area contributed by atoms with Crippen molar-refractivity contribution >= 4 is 17.9 Å². The zero-order valence-corrected chi connectivity index (χ0v) is 22.6. The molecule has 0 saturated carbocycles. The Morgan fingerprint density at radius 1 is 0.700 bits per heavy atom. The molecule has 2 heterocycles. The van der Waals surface area contributed by atoms with E-state index in [9.17, 15) is 14.4 Å². The molecule has 0 aromatic carbocycles. The van der Waals surface area contributed by atoms with Gasteiger partial charge >= 0.3 is 6.09 Å². The molecule has 16 heteroatoms. The van der Waals surface area contributed by atoms with Crippen molar-refractivity contribution in [3.63, 3.8) is 0 Å². The molecule has 0 atom stereocenters. The summed E-state index contributed by atoms with van der Waals surface area (Å²) in [5.74, 6) is -0.706. The minimum Gasteiger partial charge on any atom is -0.465 e. The number of hydrogen-bond acceptors (Lipinski definition) is 12. The molecule has 0 radical (unpaired) electrons. The number of hydrogen-bond donors (Lipinski definition) is 2. The Bertz CT molecular complexity index is 865. The van der Waals surface area contributed by atoms with Crippen LogP contribution < -0.4 is 5.32 Å². The van der Waals surface area contributed by atoms with Crippen LogP contribution in [-0.4, -0.2) is 142 Å². The molecule has 0 aliphatic carbocycles. The lowest BCUT2D eigenvalue weighted by atomic mass is 10.4. The van der Waals surface area contributed by atoms with Gasteiger partial charge in [0.15, 0.2) is 0 Å². The van der Waals surface area contributed by atoms with Gasteiger partial charge in [0.25, 0.3) is 11.8 Å². The summed E-state index contributed by atoms with van der Waals surface area (Å²) >= 11 is 0. The van der Waals surface area contributed by atoms with Gasteiger partial charge in [0, 0.05) is 18.7 Å². The monoisotopic (exact) mass is 573 g/mol. The van der Waals surface area contributed by atoms with Crippen LogP contribution in [0.3, 0.4) is 0 Å². The average molecular weight is 574 g/mol. The van der Waals surface area contributed by atoms with Gasteiger partial charge in [0.05, 0.1) is 112 Å². The van der Waals surface area contributed by atoms with E-state index >= 15 is 0 Å². The second-order valence-corrected chi connectivity index (χ2v) is 8.09. The van der Waals surface area contributed by atoms with Crippen LogP contribution in [0.2, 0.25) is 0 Å². The lowest BCUT2D eigenvalue weighted by Crippen LogP contribution is -2.29. The Kier molecular flexibility index (Phi) is 18.1. The summed E-state index contributed by atoms with van der Waals surface area (Å²) in [4.78, 5) is 34.5. The molecule has 16 nitrogen and oxygen atoms in total. The summed E-state index contributed by atoms with van der Waals surface area (Å²) in [7, 11) is 0. The molecule has 0 unspecified atom stereocenters. The maximum Gasteiger partial charge on any atom is 0.404 e. The molecule has 0 fully saturated rings. The minimum atomic E-state index is -1.07. The Hall–Kier alpha value is -2.99. The van der Waals surface area contributed by atoms with Crippen molar-refractivity contribution in [2.75, 3.05) is 99.0 Å². The molecule has 1 aliphatic heterocycles. The predicted molar refractivity (Wildman–Crippen MR) is 136 cm³/mol. The van der Waals surface area contributed by atoms with E-state index in [4.69, 9.17) is 38.3 Å². The minimum absolute atomic E-state index is 0.0932. The molecule has 2 N–H and O–H groups in total. The van der Waals surface area contributed by atoms with Crippen molar-refractivity contribution in [2.24, 2.45) is 0 Å². The number of imide groups is 1. The summed E-state index contributed by atoms with van der Waals surface area (Å²) in [5.41, 5.74) is 0.527. The first-order chi connectivity index (χ1) is 19.6. The van der Waals surface area contributed by atoms with Crippen molar-refractivity contribution in [3.05, 3.63) is 24.0 Å². The summed E-state index contributed by atoms with van der Waals surface area (Å²) in [6.07, 6.45) is 3.08. The summed E-state index contributed by atoms with van der Waals surface area (Å²) in [6, 6.07) is 0. The molecular formula is C24H39N5O11. The van der Waals surface area contributed by atoms with Crippen LogP contribution in [0, 0.1) is 0 Å². The molecule has 0 bridgehead atoms. The third kappa shape index (κ3) is 16.2. The number of ether oxygens (including phenoxy) is 7. The number of aromatic nitrogens is 3. The van der Waals surface area contributed by atoms with Gasteiger partial charge in [0.2, 0.25) is 0 Å². The Morgan fingerprint density at radius 2 is 1.12 bits per heavy atom. The highest BCUT2D eigenvalue weighted by molar-refractivity contribution is 6.12. The van der Waals surface area contributed by atoms with Gasteiger partial charge in [-0.2, -0.15) is 0 Å². The highest BCUT2D eigenvalue weighted by Gasteiger charge is 2.24. The van der Waals surface area contributed by atoms with Gasteiger partial charge in [-0.3, -0.25) is 14.5 Å². The van der Waals surface area contributed by atoms with Crippen molar-refractivity contribution < 1.29 is 52.6 Å². The molecule has 1 aliphatic rings. The first-order valence-electron chi connectivity index (χ1n) is 13.0. The molecule has 0 spiro atoms. The summed E-state index contributed by atoms with van der Waals surface area (Å²) < 4.78 is 39.3. The van der Waals surface area contributed by atoms with Crippen LogP contribution in [0.4, 0.5) is 4.79 Å². The topological polar surface area (TPSA) is 182 Å². The van der Waals surface area contributed by atoms with Gasteiger partial charge in [0.1, 0.15) is 5.69 Å². The highest BCUT2D eigenvalue weighted by atomic mass is 16.6. The standard InChI is InChI=1S/C24H39N5O11/c30-22-1-2-23(31)29(22)20-21-19-28(27-26-21)4-6-35-8-10-37-12-14-39-16-18-40-17-15-38-13-11-36-9-7-34-5-3-25-24(32)33/h1-2,19,25H,3-18,20H2,(H,32,33). The number of rotatable bonds is 26. The van der Waals surface area contributed by atoms with E-state index in [0.717, 1.165) is 4.90 Å². The van der Waals surface area contributed by atoms with Crippen LogP contribution in [0.25, 0.3) is 0 Å². The molecular weight excluding hydrogens is 534 g/mol. The number of carbonyl (C=O) groups is 3. The van der Waals surface area contributed by atoms with Gasteiger partial charge in [-0.25, -0.2) is 9.48 Å². The van der Waals surface area contributed by atoms with Crippen LogP contribution in [0.5, 0.6) is 0 Å². The van der Waals surface area contributed by atoms with Crippen molar-refractivity contribution in [1.82, 2.24) is 25.2 Å². The first kappa shape index (κ1) is 33.2. The van der Waals surface area contributed by atoms with Crippen LogP contribution >= 0.6 is 0 Å². The lowest BCUT2D eigenvalue weighted by molar-refractivity contribution is -0.137. The van der Waals surface area contributed by atoms with Gasteiger partial charge in [-0.05, 0) is 0 Å². The van der Waals surface area contributed by atoms with Crippen LogP contribution in [0.15, 0.2) is 18.3 Å². The molecule has 1 aromatic heterocycles. The van der Waals surface area contributed by atoms with E-state index in [2.05, 4.69) is 15.6 Å². The number of nitrogens with one attached hydrogen (secondary N) is 1. The molecule has 1 aromatic rings. The Balaban J connectivity index is 1.25. The summed E-state index contributed by atoms with van der Waals surface area (Å²) in [5, 5.41) is 18.5. The van der Waals surface area contributed by atoms with Crippen molar-refractivity contribution in [1.29, 1.82) is 0 Å². The smallest absolute Gasteiger partial charge is 0.404 e. The van der Waals surface area contributed by atoms with Gasteiger partial charge in [-0.15, -0.1) is 5.10 Å². The average Bonchev–Trinajstić information content (AvgIpc) is 3.52. The van der Waals surface area contributed by atoms with Gasteiger partial charge in [-0.1, -0.05) is 5.21 Å². The second-order valence-electron chi connectivity index (χ2n) is 8.09. The molecule has 3 amide bonds. The van der Waals surface area contributed by atoms with Crippen molar-refractivity contribution in [3.8, 4) is 0 Å². The molecule has 0 saturated heterocycles. The fourth-order valence-electron chi connectivity index (χ4n) is 3.08. The molecule has 40 heavy (non-hydrogen) atoms. The first-order valence-corrected chi connectivity index (χ1v) is 13.0. The fraction of sp³-hybridized carbons (Fsp3) is 0.708. The number of amides is 3. The predicted octanol–water partition coefficient (Wildman–Crippen LogP) is -0.913. The zero-order chi connectivity index (χ0) is 28.7. The fourth-order valence-corrected chi connectivity index (χ4v) is 3.08. The van der Waals surface area contributed by atoms with Crippen LogP contribution in [0.1, 0.15) is 5.69 Å². The SMILES string of the molecule is O=C(O)NCCOCCOCCOCCOCCOCCOCCOCCn1cc(CN2C(=O)C=CC2=O)nn1. The number of carbonyl (C=O) groups excluding carboxylic acids is 2. The quantitative estimate of drug-likeness (QED) is 0.103.